The second-order valence-corrected chi connectivity index (χ2v) is 6.31. The largest absolute Gasteiger partial charge is 0.365 e. The molecule has 19 heavy (non-hydrogen) atoms. The number of benzene rings is 1. The molecule has 2 heterocycles. The zero-order valence-corrected chi connectivity index (χ0v) is 13.4. The van der Waals surface area contributed by atoms with Gasteiger partial charge in [0, 0.05) is 30.3 Å². The summed E-state index contributed by atoms with van der Waals surface area (Å²) >= 11 is 6.90. The highest BCUT2D eigenvalue weighted by Gasteiger charge is 2.10. The molecule has 3 rings (SSSR count). The molecule has 0 aliphatic carbocycles. The van der Waals surface area contributed by atoms with Crippen molar-refractivity contribution in [3.8, 4) is 0 Å². The Labute approximate surface area is 129 Å². The fraction of sp³-hybridized carbons (Fsp3) is 0.214. The van der Waals surface area contributed by atoms with E-state index in [1.807, 2.05) is 6.07 Å². The summed E-state index contributed by atoms with van der Waals surface area (Å²) in [6.07, 6.45) is 1.79. The minimum Gasteiger partial charge on any atom is -0.365 e. The van der Waals surface area contributed by atoms with Gasteiger partial charge in [-0.15, -0.1) is 0 Å². The quantitative estimate of drug-likeness (QED) is 0.847. The molecular formula is C14H13Br2N3. The van der Waals surface area contributed by atoms with Crippen molar-refractivity contribution in [1.29, 1.82) is 0 Å². The molecule has 0 saturated carbocycles. The van der Waals surface area contributed by atoms with Crippen molar-refractivity contribution >= 4 is 37.7 Å². The molecular weight excluding hydrogens is 370 g/mol. The van der Waals surface area contributed by atoms with E-state index in [-0.39, 0.29) is 0 Å². The van der Waals surface area contributed by atoms with Gasteiger partial charge in [0.2, 0.25) is 0 Å². The molecule has 1 aliphatic rings. The Morgan fingerprint density at radius 2 is 2.00 bits per heavy atom. The number of nitrogens with zero attached hydrogens (tertiary/aromatic N) is 1. The topological polar surface area (TPSA) is 37.0 Å². The Kier molecular flexibility index (Phi) is 3.86. The van der Waals surface area contributed by atoms with E-state index < -0.39 is 0 Å². The van der Waals surface area contributed by atoms with Crippen LogP contribution in [0.15, 0.2) is 39.4 Å². The van der Waals surface area contributed by atoms with Crippen LogP contribution < -0.4 is 10.6 Å². The van der Waals surface area contributed by atoms with Crippen molar-refractivity contribution in [1.82, 2.24) is 10.3 Å². The standard InChI is InChI=1S/C14H13Br2N3/c15-12-4-13(16)14(19-8-12)18-5-9-1-2-10-6-17-7-11(10)3-9/h1-4,8,17H,5-7H2,(H,18,19). The fourth-order valence-electron chi connectivity index (χ4n) is 2.19. The lowest BCUT2D eigenvalue weighted by Gasteiger charge is -2.09. The Bertz CT molecular complexity index is 614. The Hall–Kier alpha value is -0.910. The first-order valence-corrected chi connectivity index (χ1v) is 7.67. The van der Waals surface area contributed by atoms with Crippen LogP contribution in [-0.4, -0.2) is 4.98 Å². The highest BCUT2D eigenvalue weighted by Crippen LogP contribution is 2.24. The summed E-state index contributed by atoms with van der Waals surface area (Å²) in [6.45, 7) is 2.74. The van der Waals surface area contributed by atoms with E-state index in [4.69, 9.17) is 0 Å². The van der Waals surface area contributed by atoms with Gasteiger partial charge in [0.1, 0.15) is 5.82 Å². The van der Waals surface area contributed by atoms with E-state index >= 15 is 0 Å². The van der Waals surface area contributed by atoms with Crippen molar-refractivity contribution in [2.45, 2.75) is 19.6 Å². The molecule has 5 heteroatoms. The number of halogens is 2. The third-order valence-electron chi connectivity index (χ3n) is 3.17. The number of fused-ring (bicyclic) bond motifs is 1. The van der Waals surface area contributed by atoms with E-state index in [1.165, 1.54) is 16.7 Å². The molecule has 2 N–H and O–H groups in total. The lowest BCUT2D eigenvalue weighted by Crippen LogP contribution is -2.02. The Morgan fingerprint density at radius 3 is 2.84 bits per heavy atom. The first-order valence-electron chi connectivity index (χ1n) is 6.09. The second-order valence-electron chi connectivity index (χ2n) is 4.54. The summed E-state index contributed by atoms with van der Waals surface area (Å²) in [5.41, 5.74) is 4.09. The smallest absolute Gasteiger partial charge is 0.140 e. The third-order valence-corrected chi connectivity index (χ3v) is 4.21. The van der Waals surface area contributed by atoms with E-state index in [0.29, 0.717) is 0 Å². The summed E-state index contributed by atoms with van der Waals surface area (Å²) in [5.74, 6) is 0.863. The van der Waals surface area contributed by atoms with Crippen LogP contribution in [0.5, 0.6) is 0 Å². The fourth-order valence-corrected chi connectivity index (χ4v) is 3.32. The van der Waals surface area contributed by atoms with Crippen LogP contribution in [0.3, 0.4) is 0 Å². The molecule has 2 aromatic rings. The number of rotatable bonds is 3. The minimum atomic E-state index is 0.778. The number of anilines is 1. The second kappa shape index (κ2) is 5.61. The lowest BCUT2D eigenvalue weighted by atomic mass is 10.1. The maximum absolute atomic E-state index is 4.35. The van der Waals surface area contributed by atoms with Crippen molar-refractivity contribution in [2.75, 3.05) is 5.32 Å². The summed E-state index contributed by atoms with van der Waals surface area (Å²) in [7, 11) is 0. The van der Waals surface area contributed by atoms with Gasteiger partial charge in [0.25, 0.3) is 0 Å². The van der Waals surface area contributed by atoms with E-state index in [1.54, 1.807) is 6.20 Å². The van der Waals surface area contributed by atoms with Crippen molar-refractivity contribution in [3.63, 3.8) is 0 Å². The summed E-state index contributed by atoms with van der Waals surface area (Å²) in [4.78, 5) is 4.35. The zero-order chi connectivity index (χ0) is 13.2. The van der Waals surface area contributed by atoms with E-state index in [0.717, 1.165) is 34.4 Å². The molecule has 3 nitrogen and oxygen atoms in total. The minimum absolute atomic E-state index is 0.778. The molecule has 0 radical (unpaired) electrons. The number of nitrogens with one attached hydrogen (secondary N) is 2. The average Bonchev–Trinajstić information content (AvgIpc) is 2.85. The summed E-state index contributed by atoms with van der Waals surface area (Å²) in [6, 6.07) is 8.62. The Balaban J connectivity index is 1.72. The van der Waals surface area contributed by atoms with E-state index in [2.05, 4.69) is 65.7 Å². The molecule has 98 valence electrons. The lowest BCUT2D eigenvalue weighted by molar-refractivity contribution is 0.764. The van der Waals surface area contributed by atoms with Crippen LogP contribution in [0.4, 0.5) is 5.82 Å². The number of aromatic nitrogens is 1. The van der Waals surface area contributed by atoms with Gasteiger partial charge >= 0.3 is 0 Å². The maximum atomic E-state index is 4.35. The van der Waals surface area contributed by atoms with Crippen molar-refractivity contribution in [2.24, 2.45) is 0 Å². The maximum Gasteiger partial charge on any atom is 0.140 e. The van der Waals surface area contributed by atoms with E-state index in [9.17, 15) is 0 Å². The first kappa shape index (κ1) is 13.1. The molecule has 1 aromatic heterocycles. The molecule has 0 saturated heterocycles. The average molecular weight is 383 g/mol. The van der Waals surface area contributed by atoms with Gasteiger partial charge < -0.3 is 10.6 Å². The molecule has 0 atom stereocenters. The number of hydrogen-bond donors (Lipinski definition) is 2. The van der Waals surface area contributed by atoms with Crippen molar-refractivity contribution in [3.05, 3.63) is 56.1 Å². The number of pyridine rings is 1. The van der Waals surface area contributed by atoms with Gasteiger partial charge in [-0.1, -0.05) is 18.2 Å². The van der Waals surface area contributed by atoms with Crippen LogP contribution in [0.25, 0.3) is 0 Å². The first-order chi connectivity index (χ1) is 9.22. The molecule has 0 spiro atoms. The molecule has 1 aliphatic heterocycles. The van der Waals surface area contributed by atoms with Gasteiger partial charge in [0.15, 0.2) is 0 Å². The SMILES string of the molecule is Brc1cnc(NCc2ccc3c(c2)CNC3)c(Br)c1. The third kappa shape index (κ3) is 2.99. The van der Waals surface area contributed by atoms with Crippen LogP contribution >= 0.6 is 31.9 Å². The van der Waals surface area contributed by atoms with Crippen LogP contribution in [0, 0.1) is 0 Å². The van der Waals surface area contributed by atoms with Crippen LogP contribution in [-0.2, 0) is 19.6 Å². The Morgan fingerprint density at radius 1 is 1.16 bits per heavy atom. The number of hydrogen-bond acceptors (Lipinski definition) is 3. The van der Waals surface area contributed by atoms with Crippen LogP contribution in [0.1, 0.15) is 16.7 Å². The van der Waals surface area contributed by atoms with Gasteiger partial charge in [-0.2, -0.15) is 0 Å². The highest BCUT2D eigenvalue weighted by atomic mass is 79.9. The van der Waals surface area contributed by atoms with Crippen molar-refractivity contribution < 1.29 is 0 Å². The van der Waals surface area contributed by atoms with Gasteiger partial charge in [-0.05, 0) is 54.6 Å². The molecule has 0 unspecified atom stereocenters. The zero-order valence-electron chi connectivity index (χ0n) is 10.2. The predicted octanol–water partition coefficient (Wildman–Crippen LogP) is 3.82. The molecule has 0 bridgehead atoms. The molecule has 1 aromatic carbocycles. The molecule has 0 fully saturated rings. The molecule has 0 amide bonds. The monoisotopic (exact) mass is 381 g/mol. The summed E-state index contributed by atoms with van der Waals surface area (Å²) < 4.78 is 1.93. The van der Waals surface area contributed by atoms with Gasteiger partial charge in [0.05, 0.1) is 4.47 Å². The summed E-state index contributed by atoms with van der Waals surface area (Å²) in [5, 5.41) is 6.71. The van der Waals surface area contributed by atoms with Crippen LogP contribution in [0.2, 0.25) is 0 Å². The normalized spacial score (nSPS) is 13.4. The highest BCUT2D eigenvalue weighted by molar-refractivity contribution is 9.11. The van der Waals surface area contributed by atoms with Gasteiger partial charge in [-0.3, -0.25) is 0 Å². The van der Waals surface area contributed by atoms with Gasteiger partial charge in [-0.25, -0.2) is 4.98 Å². The predicted molar refractivity (Wildman–Crippen MR) is 83.9 cm³/mol.